The highest BCUT2D eigenvalue weighted by molar-refractivity contribution is 6.28. The molecule has 124 valence electrons. The van der Waals surface area contributed by atoms with E-state index in [9.17, 15) is 0 Å². The molecule has 4 rings (SSSR count). The van der Waals surface area contributed by atoms with Crippen LogP contribution in [-0.2, 0) is 6.54 Å². The van der Waals surface area contributed by atoms with Gasteiger partial charge in [-0.05, 0) is 36.6 Å². The maximum Gasteiger partial charge on any atom is 0.226 e. The van der Waals surface area contributed by atoms with Crippen molar-refractivity contribution >= 4 is 28.6 Å². The van der Waals surface area contributed by atoms with Gasteiger partial charge < -0.3 is 15.2 Å². The lowest BCUT2D eigenvalue weighted by atomic mass is 10.1. The third-order valence-electron chi connectivity index (χ3n) is 4.36. The Kier molecular flexibility index (Phi) is 4.32. The molecule has 0 amide bonds. The molecule has 1 fully saturated rings. The van der Waals surface area contributed by atoms with Crippen LogP contribution in [-0.4, -0.2) is 32.6 Å². The first kappa shape index (κ1) is 15.4. The molecule has 1 saturated heterocycles. The molecule has 7 heteroatoms. The van der Waals surface area contributed by atoms with Crippen LogP contribution in [0.3, 0.4) is 0 Å². The maximum absolute atomic E-state index is 6.15. The molecule has 0 aliphatic carbocycles. The number of nitrogens with zero attached hydrogens (tertiary/aromatic N) is 4. The molecule has 6 nitrogen and oxygen atoms in total. The molecule has 3 heterocycles. The molecule has 2 aromatic heterocycles. The average Bonchev–Trinajstić information content (AvgIpc) is 3.05. The summed E-state index contributed by atoms with van der Waals surface area (Å²) in [4.78, 5) is 13.3. The smallest absolute Gasteiger partial charge is 0.226 e. The number of nitrogens with one attached hydrogen (secondary N) is 2. The molecule has 3 aromatic rings. The van der Waals surface area contributed by atoms with Gasteiger partial charge in [-0.25, -0.2) is 4.98 Å². The number of piperidine rings is 1. The Morgan fingerprint density at radius 1 is 1.25 bits per heavy atom. The summed E-state index contributed by atoms with van der Waals surface area (Å²) < 4.78 is 2.11. The number of anilines is 1. The maximum atomic E-state index is 6.15. The summed E-state index contributed by atoms with van der Waals surface area (Å²) in [5, 5.41) is 7.00. The predicted octanol–water partition coefficient (Wildman–Crippen LogP) is 3.02. The Balaban J connectivity index is 1.64. The molecule has 1 unspecified atom stereocenters. The first-order valence-electron chi connectivity index (χ1n) is 8.20. The largest absolute Gasteiger partial charge is 0.364 e. The zero-order chi connectivity index (χ0) is 16.4. The second-order valence-electron chi connectivity index (χ2n) is 6.00. The summed E-state index contributed by atoms with van der Waals surface area (Å²) >= 11 is 6.15. The zero-order valence-electron chi connectivity index (χ0n) is 13.2. The van der Waals surface area contributed by atoms with Crippen LogP contribution in [0.5, 0.6) is 0 Å². The summed E-state index contributed by atoms with van der Waals surface area (Å²) in [6.07, 6.45) is 4.12. The lowest BCUT2D eigenvalue weighted by Crippen LogP contribution is -2.31. The molecule has 1 atom stereocenters. The quantitative estimate of drug-likeness (QED) is 0.713. The third kappa shape index (κ3) is 3.07. The zero-order valence-corrected chi connectivity index (χ0v) is 14.0. The highest BCUT2D eigenvalue weighted by Gasteiger charge is 2.20. The van der Waals surface area contributed by atoms with E-state index in [1.165, 1.54) is 5.56 Å². The Morgan fingerprint density at radius 2 is 2.12 bits per heavy atom. The van der Waals surface area contributed by atoms with Gasteiger partial charge in [0.05, 0.1) is 6.33 Å². The minimum absolute atomic E-state index is 0.239. The van der Waals surface area contributed by atoms with Crippen molar-refractivity contribution in [3.8, 4) is 0 Å². The summed E-state index contributed by atoms with van der Waals surface area (Å²) in [5.74, 6) is 0.677. The number of halogens is 1. The molecule has 0 bridgehead atoms. The van der Waals surface area contributed by atoms with Crippen molar-refractivity contribution in [1.29, 1.82) is 0 Å². The van der Waals surface area contributed by atoms with Crippen molar-refractivity contribution < 1.29 is 0 Å². The Bertz CT molecular complexity index is 826. The van der Waals surface area contributed by atoms with Gasteiger partial charge in [-0.15, -0.1) is 0 Å². The summed E-state index contributed by atoms with van der Waals surface area (Å²) in [7, 11) is 0. The molecular formula is C17H19ClN6. The highest BCUT2D eigenvalue weighted by atomic mass is 35.5. The van der Waals surface area contributed by atoms with Crippen molar-refractivity contribution in [3.05, 3.63) is 47.5 Å². The minimum atomic E-state index is 0.239. The van der Waals surface area contributed by atoms with Crippen molar-refractivity contribution in [1.82, 2.24) is 24.8 Å². The molecule has 0 radical (unpaired) electrons. The number of aromatic nitrogens is 4. The van der Waals surface area contributed by atoms with Crippen LogP contribution in [0.1, 0.15) is 24.4 Å². The van der Waals surface area contributed by atoms with Crippen molar-refractivity contribution in [3.63, 3.8) is 0 Å². The molecule has 1 aliphatic rings. The van der Waals surface area contributed by atoms with Crippen LogP contribution in [0.2, 0.25) is 5.28 Å². The van der Waals surface area contributed by atoms with Gasteiger partial charge in [-0.2, -0.15) is 9.97 Å². The molecule has 0 spiro atoms. The van der Waals surface area contributed by atoms with Crippen molar-refractivity contribution in [2.45, 2.75) is 25.4 Å². The molecule has 2 N–H and O–H groups in total. The van der Waals surface area contributed by atoms with E-state index in [0.717, 1.165) is 37.1 Å². The van der Waals surface area contributed by atoms with Gasteiger partial charge in [0, 0.05) is 19.1 Å². The molecule has 0 saturated carbocycles. The lowest BCUT2D eigenvalue weighted by Gasteiger charge is -2.24. The Hall–Kier alpha value is -2.18. The van der Waals surface area contributed by atoms with Gasteiger partial charge in [0.1, 0.15) is 0 Å². The standard InChI is InChI=1S/C17H19ClN6/c18-17-22-15(20-9-12-5-2-1-3-6-12)14-16(23-17)24(11-21-14)13-7-4-8-19-10-13/h1-3,5-6,11,13,19H,4,7-10H2,(H,20,22,23). The molecular weight excluding hydrogens is 324 g/mol. The first-order valence-corrected chi connectivity index (χ1v) is 8.57. The fraction of sp³-hybridized carbons (Fsp3) is 0.353. The predicted molar refractivity (Wildman–Crippen MR) is 95.2 cm³/mol. The number of hydrogen-bond acceptors (Lipinski definition) is 5. The lowest BCUT2D eigenvalue weighted by molar-refractivity contribution is 0.376. The van der Waals surface area contributed by atoms with Crippen LogP contribution in [0.4, 0.5) is 5.82 Å². The summed E-state index contributed by atoms with van der Waals surface area (Å²) in [6.45, 7) is 2.67. The second kappa shape index (κ2) is 6.75. The monoisotopic (exact) mass is 342 g/mol. The molecule has 1 aromatic carbocycles. The normalized spacial score (nSPS) is 18.0. The van der Waals surface area contributed by atoms with Gasteiger partial charge in [-0.3, -0.25) is 0 Å². The average molecular weight is 343 g/mol. The number of benzene rings is 1. The van der Waals surface area contributed by atoms with Crippen LogP contribution in [0.15, 0.2) is 36.7 Å². The van der Waals surface area contributed by atoms with E-state index in [-0.39, 0.29) is 5.28 Å². The third-order valence-corrected chi connectivity index (χ3v) is 4.53. The van der Waals surface area contributed by atoms with E-state index in [2.05, 4.69) is 42.3 Å². The van der Waals surface area contributed by atoms with E-state index in [1.54, 1.807) is 0 Å². The number of fused-ring (bicyclic) bond motifs is 1. The van der Waals surface area contributed by atoms with E-state index in [1.807, 2.05) is 24.5 Å². The summed E-state index contributed by atoms with van der Waals surface area (Å²) in [6, 6.07) is 10.5. The van der Waals surface area contributed by atoms with Gasteiger partial charge in [-0.1, -0.05) is 30.3 Å². The highest BCUT2D eigenvalue weighted by Crippen LogP contribution is 2.26. The van der Waals surface area contributed by atoms with Crippen LogP contribution >= 0.6 is 11.6 Å². The van der Waals surface area contributed by atoms with Crippen molar-refractivity contribution in [2.24, 2.45) is 0 Å². The Labute approximate surface area is 145 Å². The van der Waals surface area contributed by atoms with E-state index in [0.29, 0.717) is 18.4 Å². The van der Waals surface area contributed by atoms with E-state index in [4.69, 9.17) is 11.6 Å². The van der Waals surface area contributed by atoms with Crippen molar-refractivity contribution in [2.75, 3.05) is 18.4 Å². The van der Waals surface area contributed by atoms with Crippen LogP contribution in [0.25, 0.3) is 11.2 Å². The molecule has 1 aliphatic heterocycles. The SMILES string of the molecule is Clc1nc(NCc2ccccc2)c2ncn(C3CCCNC3)c2n1. The number of hydrogen-bond donors (Lipinski definition) is 2. The topological polar surface area (TPSA) is 67.7 Å². The van der Waals surface area contributed by atoms with E-state index >= 15 is 0 Å². The van der Waals surface area contributed by atoms with E-state index < -0.39 is 0 Å². The van der Waals surface area contributed by atoms with Crippen LogP contribution < -0.4 is 10.6 Å². The minimum Gasteiger partial charge on any atom is -0.364 e. The van der Waals surface area contributed by atoms with Gasteiger partial charge in [0.15, 0.2) is 17.0 Å². The number of rotatable bonds is 4. The van der Waals surface area contributed by atoms with Gasteiger partial charge >= 0.3 is 0 Å². The Morgan fingerprint density at radius 3 is 2.92 bits per heavy atom. The van der Waals surface area contributed by atoms with Gasteiger partial charge in [0.2, 0.25) is 5.28 Å². The summed E-state index contributed by atoms with van der Waals surface area (Å²) in [5.41, 5.74) is 2.73. The van der Waals surface area contributed by atoms with Gasteiger partial charge in [0.25, 0.3) is 0 Å². The first-order chi connectivity index (χ1) is 11.8. The molecule has 24 heavy (non-hydrogen) atoms. The number of imidazole rings is 1. The fourth-order valence-corrected chi connectivity index (χ4v) is 3.30. The van der Waals surface area contributed by atoms with Crippen LogP contribution in [0, 0.1) is 0 Å². The second-order valence-corrected chi connectivity index (χ2v) is 6.34. The fourth-order valence-electron chi connectivity index (χ4n) is 3.13.